The molecule has 30 heavy (non-hydrogen) atoms. The highest BCUT2D eigenvalue weighted by atomic mass is 16.2. The summed E-state index contributed by atoms with van der Waals surface area (Å²) in [4.78, 5) is 25.8. The third-order valence-corrected chi connectivity index (χ3v) is 5.76. The number of nitrogens with zero attached hydrogens (tertiary/aromatic N) is 3. The lowest BCUT2D eigenvalue weighted by molar-refractivity contribution is 0.714. The molecule has 0 fully saturated rings. The van der Waals surface area contributed by atoms with Crippen molar-refractivity contribution in [2.45, 2.75) is 6.92 Å². The highest BCUT2D eigenvalue weighted by molar-refractivity contribution is 5.98. The van der Waals surface area contributed by atoms with E-state index < -0.39 is 0 Å². The van der Waals surface area contributed by atoms with Crippen molar-refractivity contribution in [3.05, 3.63) is 99.3 Å². The number of benzene rings is 3. The van der Waals surface area contributed by atoms with Crippen LogP contribution in [0.5, 0.6) is 0 Å². The van der Waals surface area contributed by atoms with Crippen LogP contribution in [0, 0.1) is 6.92 Å². The first-order valence-electron chi connectivity index (χ1n) is 9.83. The minimum Gasteiger partial charge on any atom is -0.313 e. The summed E-state index contributed by atoms with van der Waals surface area (Å²) in [5.41, 5.74) is 3.80. The van der Waals surface area contributed by atoms with Gasteiger partial charge < -0.3 is 4.57 Å². The number of hydrogen-bond acceptors (Lipinski definition) is 2. The average Bonchev–Trinajstić information content (AvgIpc) is 3.16. The fourth-order valence-corrected chi connectivity index (χ4v) is 4.23. The van der Waals surface area contributed by atoms with E-state index in [-0.39, 0.29) is 11.2 Å². The van der Waals surface area contributed by atoms with E-state index in [9.17, 15) is 9.59 Å². The maximum atomic E-state index is 13.2. The van der Waals surface area contributed by atoms with Crippen molar-refractivity contribution in [2.24, 2.45) is 14.1 Å². The molecule has 0 bridgehead atoms. The molecule has 0 aliphatic rings. The Morgan fingerprint density at radius 1 is 0.800 bits per heavy atom. The lowest BCUT2D eigenvalue weighted by Gasteiger charge is -2.13. The largest absolute Gasteiger partial charge is 0.330 e. The van der Waals surface area contributed by atoms with E-state index in [0.717, 1.165) is 33.3 Å². The number of fused-ring (bicyclic) bond motifs is 2. The molecule has 0 aliphatic carbocycles. The molecule has 2 aromatic heterocycles. The Balaban J connectivity index is 2.02. The van der Waals surface area contributed by atoms with Gasteiger partial charge in [0.25, 0.3) is 5.56 Å². The van der Waals surface area contributed by atoms with E-state index in [2.05, 4.69) is 24.3 Å². The summed E-state index contributed by atoms with van der Waals surface area (Å²) < 4.78 is 4.76. The summed E-state index contributed by atoms with van der Waals surface area (Å²) in [5, 5.41) is 2.74. The Morgan fingerprint density at radius 3 is 2.33 bits per heavy atom. The summed E-state index contributed by atoms with van der Waals surface area (Å²) >= 11 is 0. The van der Waals surface area contributed by atoms with Crippen LogP contribution < -0.4 is 11.2 Å². The highest BCUT2D eigenvalue weighted by Crippen LogP contribution is 2.33. The molecule has 0 spiro atoms. The van der Waals surface area contributed by atoms with Crippen molar-refractivity contribution in [1.82, 2.24) is 13.7 Å². The smallest absolute Gasteiger partial charge is 0.313 e. The van der Waals surface area contributed by atoms with Crippen molar-refractivity contribution in [3.63, 3.8) is 0 Å². The summed E-state index contributed by atoms with van der Waals surface area (Å²) in [6.07, 6.45) is 1.90. The highest BCUT2D eigenvalue weighted by Gasteiger charge is 2.21. The second kappa shape index (κ2) is 6.59. The Hall–Kier alpha value is -3.86. The zero-order valence-electron chi connectivity index (χ0n) is 17.1. The van der Waals surface area contributed by atoms with Crippen LogP contribution in [0.3, 0.4) is 0 Å². The van der Waals surface area contributed by atoms with Gasteiger partial charge in [0.05, 0.1) is 22.3 Å². The molecule has 0 saturated heterocycles. The zero-order chi connectivity index (χ0) is 21.0. The molecule has 0 aliphatic heterocycles. The quantitative estimate of drug-likeness (QED) is 0.451. The average molecular weight is 395 g/mol. The van der Waals surface area contributed by atoms with Crippen LogP contribution in [0.1, 0.15) is 5.56 Å². The minimum atomic E-state index is -0.335. The van der Waals surface area contributed by atoms with E-state index in [4.69, 9.17) is 0 Å². The predicted octanol–water partition coefficient (Wildman–Crippen LogP) is 4.16. The van der Waals surface area contributed by atoms with Crippen molar-refractivity contribution in [1.29, 1.82) is 0 Å². The molecule has 0 radical (unpaired) electrons. The molecule has 5 nitrogen and oxygen atoms in total. The number of hydrogen-bond donors (Lipinski definition) is 0. The van der Waals surface area contributed by atoms with Crippen molar-refractivity contribution in [2.75, 3.05) is 0 Å². The van der Waals surface area contributed by atoms with Crippen LogP contribution in [-0.2, 0) is 14.1 Å². The molecule has 0 saturated carbocycles. The fraction of sp³-hybridized carbons (Fsp3) is 0.120. The van der Waals surface area contributed by atoms with Gasteiger partial charge >= 0.3 is 5.69 Å². The standard InChI is InChI=1S/C25H21N3O2/c1-16-8-6-11-18(14-16)23-22-21(26(2)25(30)27(3)24(22)29)15-28(23)20-13-7-10-17-9-4-5-12-19(17)20/h4-15H,1-3H3. The SMILES string of the molecule is Cc1cccc(-c2c3c(=O)n(C)c(=O)n(C)c3cn2-c2cccc3ccccc23)c1. The van der Waals surface area contributed by atoms with Gasteiger partial charge in [0, 0.05) is 25.7 Å². The van der Waals surface area contributed by atoms with Gasteiger partial charge in [-0.1, -0.05) is 60.2 Å². The van der Waals surface area contributed by atoms with Crippen LogP contribution in [0.15, 0.2) is 82.5 Å². The van der Waals surface area contributed by atoms with Gasteiger partial charge in [0.2, 0.25) is 0 Å². The lowest BCUT2D eigenvalue weighted by atomic mass is 10.1. The Kier molecular flexibility index (Phi) is 4.00. The molecule has 5 rings (SSSR count). The fourth-order valence-electron chi connectivity index (χ4n) is 4.23. The van der Waals surface area contributed by atoms with Gasteiger partial charge in [-0.25, -0.2) is 4.79 Å². The minimum absolute atomic E-state index is 0.288. The van der Waals surface area contributed by atoms with Crippen LogP contribution in [0.4, 0.5) is 0 Å². The third kappa shape index (κ3) is 2.55. The van der Waals surface area contributed by atoms with Gasteiger partial charge in [-0.15, -0.1) is 0 Å². The maximum Gasteiger partial charge on any atom is 0.330 e. The van der Waals surface area contributed by atoms with Gasteiger partial charge in [0.15, 0.2) is 0 Å². The number of aryl methyl sites for hydroxylation is 2. The number of rotatable bonds is 2. The van der Waals surface area contributed by atoms with E-state index in [1.807, 2.05) is 60.2 Å². The van der Waals surface area contributed by atoms with Crippen LogP contribution in [-0.4, -0.2) is 13.7 Å². The summed E-state index contributed by atoms with van der Waals surface area (Å²) in [6.45, 7) is 2.03. The second-order valence-corrected chi connectivity index (χ2v) is 7.68. The van der Waals surface area contributed by atoms with E-state index >= 15 is 0 Å². The van der Waals surface area contributed by atoms with E-state index in [1.165, 1.54) is 16.2 Å². The van der Waals surface area contributed by atoms with Crippen LogP contribution in [0.2, 0.25) is 0 Å². The monoisotopic (exact) mass is 395 g/mol. The predicted molar refractivity (Wildman–Crippen MR) is 121 cm³/mol. The summed E-state index contributed by atoms with van der Waals surface area (Å²) in [6, 6.07) is 22.4. The van der Waals surface area contributed by atoms with Crippen LogP contribution >= 0.6 is 0 Å². The van der Waals surface area contributed by atoms with E-state index in [1.54, 1.807) is 7.05 Å². The number of aromatic nitrogens is 3. The first kappa shape index (κ1) is 18.2. The molecule has 148 valence electrons. The zero-order valence-corrected chi connectivity index (χ0v) is 17.1. The normalized spacial score (nSPS) is 11.4. The van der Waals surface area contributed by atoms with Crippen molar-refractivity contribution < 1.29 is 0 Å². The molecule has 0 amide bonds. The molecule has 5 aromatic rings. The molecule has 2 heterocycles. The first-order chi connectivity index (χ1) is 14.5. The maximum absolute atomic E-state index is 13.2. The van der Waals surface area contributed by atoms with Gasteiger partial charge in [-0.2, -0.15) is 0 Å². The van der Waals surface area contributed by atoms with E-state index in [0.29, 0.717) is 10.9 Å². The molecule has 0 atom stereocenters. The first-order valence-corrected chi connectivity index (χ1v) is 9.83. The van der Waals surface area contributed by atoms with Crippen LogP contribution in [0.25, 0.3) is 38.6 Å². The summed E-state index contributed by atoms with van der Waals surface area (Å²) in [5.74, 6) is 0. The molecule has 0 N–H and O–H groups in total. The summed E-state index contributed by atoms with van der Waals surface area (Å²) in [7, 11) is 3.23. The third-order valence-electron chi connectivity index (χ3n) is 5.76. The molecule has 3 aromatic carbocycles. The Labute approximate surface area is 173 Å². The Bertz CT molecular complexity index is 1560. The van der Waals surface area contributed by atoms with Gasteiger partial charge in [-0.3, -0.25) is 13.9 Å². The second-order valence-electron chi connectivity index (χ2n) is 7.68. The van der Waals surface area contributed by atoms with Crippen molar-refractivity contribution in [3.8, 4) is 16.9 Å². The molecule has 5 heteroatoms. The van der Waals surface area contributed by atoms with Gasteiger partial charge in [-0.05, 0) is 30.0 Å². The van der Waals surface area contributed by atoms with Crippen molar-refractivity contribution >= 4 is 21.7 Å². The molecular weight excluding hydrogens is 374 g/mol. The molecule has 0 unspecified atom stereocenters. The Morgan fingerprint density at radius 2 is 1.53 bits per heavy atom. The van der Waals surface area contributed by atoms with Gasteiger partial charge in [0.1, 0.15) is 0 Å². The topological polar surface area (TPSA) is 48.9 Å². The molecular formula is C25H21N3O2. The lowest BCUT2D eigenvalue weighted by Crippen LogP contribution is -2.36.